The van der Waals surface area contributed by atoms with Gasteiger partial charge in [0.2, 0.25) is 10.0 Å². The van der Waals surface area contributed by atoms with Gasteiger partial charge in [-0.1, -0.05) is 29.8 Å². The molecule has 5 nitrogen and oxygen atoms in total. The first-order valence-electron chi connectivity index (χ1n) is 6.22. The van der Waals surface area contributed by atoms with Gasteiger partial charge in [0.1, 0.15) is 10.6 Å². The van der Waals surface area contributed by atoms with Gasteiger partial charge in [0.05, 0.1) is 13.2 Å². The second kappa shape index (κ2) is 5.29. The number of aliphatic hydroxyl groups is 1. The first kappa shape index (κ1) is 15.8. The summed E-state index contributed by atoms with van der Waals surface area (Å²) in [4.78, 5) is 0.0894. The first-order valence-corrected chi connectivity index (χ1v) is 8.50. The quantitative estimate of drug-likeness (QED) is 0.856. The van der Waals surface area contributed by atoms with Gasteiger partial charge in [0, 0.05) is 15.9 Å². The summed E-state index contributed by atoms with van der Waals surface area (Å²) in [6.45, 7) is 3.68. The summed E-state index contributed by atoms with van der Waals surface area (Å²) in [6, 6.07) is 4.53. The zero-order valence-electron chi connectivity index (χ0n) is 11.6. The van der Waals surface area contributed by atoms with E-state index in [1.165, 1.54) is 13.2 Å². The minimum absolute atomic E-state index is 0.0894. The van der Waals surface area contributed by atoms with Crippen molar-refractivity contribution in [2.24, 2.45) is 5.41 Å². The maximum Gasteiger partial charge on any atom is 0.244 e. The van der Waals surface area contributed by atoms with Crippen LogP contribution in [0.15, 0.2) is 27.6 Å². The zero-order valence-corrected chi connectivity index (χ0v) is 14.0. The molecule has 2 atom stereocenters. The molecule has 2 N–H and O–H groups in total. The molecule has 0 spiro atoms. The van der Waals surface area contributed by atoms with Crippen LogP contribution in [0.4, 0.5) is 0 Å². The van der Waals surface area contributed by atoms with Crippen LogP contribution in [0.2, 0.25) is 0 Å². The molecule has 1 aromatic carbocycles. The van der Waals surface area contributed by atoms with E-state index < -0.39 is 21.5 Å². The van der Waals surface area contributed by atoms with Crippen molar-refractivity contribution in [3.8, 4) is 5.75 Å². The van der Waals surface area contributed by atoms with E-state index >= 15 is 0 Å². The van der Waals surface area contributed by atoms with Gasteiger partial charge in [-0.25, -0.2) is 13.1 Å². The Morgan fingerprint density at radius 2 is 2.10 bits per heavy atom. The lowest BCUT2D eigenvalue weighted by Gasteiger charge is -2.49. The highest BCUT2D eigenvalue weighted by Gasteiger charge is 2.49. The molecular formula is C13H18BrNO4S. The number of sulfonamides is 1. The van der Waals surface area contributed by atoms with Crippen LogP contribution in [0.1, 0.15) is 20.3 Å². The molecule has 1 aromatic rings. The fourth-order valence-electron chi connectivity index (χ4n) is 2.21. The number of aliphatic hydroxyl groups excluding tert-OH is 1. The third-order valence-corrected chi connectivity index (χ3v) is 5.91. The minimum atomic E-state index is -3.70. The van der Waals surface area contributed by atoms with E-state index in [4.69, 9.17) is 4.74 Å². The summed E-state index contributed by atoms with van der Waals surface area (Å²) in [7, 11) is -2.27. The fourth-order valence-corrected chi connectivity index (χ4v) is 4.33. The van der Waals surface area contributed by atoms with Gasteiger partial charge in [-0.3, -0.25) is 0 Å². The van der Waals surface area contributed by atoms with Crippen molar-refractivity contribution in [1.29, 1.82) is 0 Å². The predicted octanol–water partition coefficient (Wildman–Crippen LogP) is 1.90. The molecule has 7 heteroatoms. The number of hydrogen-bond acceptors (Lipinski definition) is 4. The van der Waals surface area contributed by atoms with Crippen LogP contribution in [0.5, 0.6) is 5.75 Å². The molecular weight excluding hydrogens is 346 g/mol. The molecule has 0 heterocycles. The lowest BCUT2D eigenvalue weighted by atomic mass is 9.65. The highest BCUT2D eigenvalue weighted by molar-refractivity contribution is 9.10. The van der Waals surface area contributed by atoms with Crippen LogP contribution in [-0.2, 0) is 10.0 Å². The molecule has 1 saturated carbocycles. The van der Waals surface area contributed by atoms with Gasteiger partial charge in [-0.15, -0.1) is 0 Å². The minimum Gasteiger partial charge on any atom is -0.495 e. The molecule has 0 amide bonds. The molecule has 2 unspecified atom stereocenters. The van der Waals surface area contributed by atoms with Gasteiger partial charge < -0.3 is 9.84 Å². The van der Waals surface area contributed by atoms with Gasteiger partial charge in [0.25, 0.3) is 0 Å². The molecule has 1 fully saturated rings. The van der Waals surface area contributed by atoms with Crippen LogP contribution in [-0.4, -0.2) is 32.8 Å². The SMILES string of the molecule is COc1ccc(Br)cc1S(=O)(=O)NC1CC(O)C1(C)C. The van der Waals surface area contributed by atoms with Crippen molar-refractivity contribution in [2.45, 2.75) is 37.3 Å². The number of methoxy groups -OCH3 is 1. The highest BCUT2D eigenvalue weighted by atomic mass is 79.9. The summed E-state index contributed by atoms with van der Waals surface area (Å²) < 4.78 is 33.3. The number of halogens is 1. The summed E-state index contributed by atoms with van der Waals surface area (Å²) in [5.74, 6) is 0.290. The van der Waals surface area contributed by atoms with Crippen LogP contribution in [0, 0.1) is 5.41 Å². The average molecular weight is 364 g/mol. The standard InChI is InChI=1S/C13H18BrNO4S/c1-13(2)11(7-12(13)16)15-20(17,18)10-6-8(14)4-5-9(10)19-3/h4-6,11-12,15-16H,7H2,1-3H3. The fraction of sp³-hybridized carbons (Fsp3) is 0.538. The van der Waals surface area contributed by atoms with Crippen molar-refractivity contribution in [3.05, 3.63) is 22.7 Å². The maximum absolute atomic E-state index is 12.5. The Morgan fingerprint density at radius 3 is 2.60 bits per heavy atom. The Kier molecular flexibility index (Phi) is 4.17. The monoisotopic (exact) mass is 363 g/mol. The molecule has 112 valence electrons. The Morgan fingerprint density at radius 1 is 1.45 bits per heavy atom. The average Bonchev–Trinajstić information content (AvgIpc) is 2.38. The third kappa shape index (κ3) is 2.72. The topological polar surface area (TPSA) is 75.6 Å². The van der Waals surface area contributed by atoms with Gasteiger partial charge in [0.15, 0.2) is 0 Å². The number of hydrogen-bond donors (Lipinski definition) is 2. The highest BCUT2D eigenvalue weighted by Crippen LogP contribution is 2.41. The Balaban J connectivity index is 2.30. The van der Waals surface area contributed by atoms with Crippen molar-refractivity contribution < 1.29 is 18.3 Å². The van der Waals surface area contributed by atoms with E-state index in [2.05, 4.69) is 20.7 Å². The Bertz CT molecular complexity index is 615. The van der Waals surface area contributed by atoms with E-state index in [0.29, 0.717) is 16.6 Å². The molecule has 1 aliphatic carbocycles. The summed E-state index contributed by atoms with van der Waals surface area (Å²) in [6.07, 6.45) is -0.0673. The number of ether oxygens (including phenoxy) is 1. The smallest absolute Gasteiger partial charge is 0.244 e. The summed E-state index contributed by atoms with van der Waals surface area (Å²) in [5.41, 5.74) is -0.466. The van der Waals surface area contributed by atoms with Crippen molar-refractivity contribution in [1.82, 2.24) is 4.72 Å². The molecule has 0 saturated heterocycles. The Labute approximate surface area is 127 Å². The predicted molar refractivity (Wildman–Crippen MR) is 79.2 cm³/mol. The summed E-state index contributed by atoms with van der Waals surface area (Å²) in [5, 5.41) is 9.69. The molecule has 1 aliphatic rings. The molecule has 0 bridgehead atoms. The van der Waals surface area contributed by atoms with Crippen LogP contribution >= 0.6 is 15.9 Å². The van der Waals surface area contributed by atoms with Crippen molar-refractivity contribution in [3.63, 3.8) is 0 Å². The molecule has 20 heavy (non-hydrogen) atoms. The largest absolute Gasteiger partial charge is 0.495 e. The number of benzene rings is 1. The lowest BCUT2D eigenvalue weighted by molar-refractivity contribution is -0.0645. The normalized spacial score (nSPS) is 25.1. The second-order valence-corrected chi connectivity index (χ2v) is 8.14. The molecule has 0 radical (unpaired) electrons. The Hall–Kier alpha value is -0.630. The maximum atomic E-state index is 12.5. The van der Waals surface area contributed by atoms with Crippen LogP contribution < -0.4 is 9.46 Å². The van der Waals surface area contributed by atoms with Crippen LogP contribution in [0.3, 0.4) is 0 Å². The van der Waals surface area contributed by atoms with Crippen molar-refractivity contribution in [2.75, 3.05) is 7.11 Å². The second-order valence-electron chi connectivity index (χ2n) is 5.54. The lowest BCUT2D eigenvalue weighted by Crippen LogP contribution is -2.61. The molecule has 0 aliphatic heterocycles. The van der Waals surface area contributed by atoms with Gasteiger partial charge in [-0.2, -0.15) is 0 Å². The molecule has 2 rings (SSSR count). The van der Waals surface area contributed by atoms with E-state index in [0.717, 1.165) is 0 Å². The number of nitrogens with one attached hydrogen (secondary N) is 1. The van der Waals surface area contributed by atoms with Gasteiger partial charge in [-0.05, 0) is 24.6 Å². The van der Waals surface area contributed by atoms with E-state index in [1.54, 1.807) is 12.1 Å². The first-order chi connectivity index (χ1) is 9.18. The van der Waals surface area contributed by atoms with E-state index in [1.807, 2.05) is 13.8 Å². The van der Waals surface area contributed by atoms with E-state index in [9.17, 15) is 13.5 Å². The zero-order chi connectivity index (χ0) is 15.1. The molecule has 0 aromatic heterocycles. The van der Waals surface area contributed by atoms with Gasteiger partial charge >= 0.3 is 0 Å². The number of rotatable bonds is 4. The third-order valence-electron chi connectivity index (χ3n) is 3.93. The van der Waals surface area contributed by atoms with Crippen molar-refractivity contribution >= 4 is 26.0 Å². The van der Waals surface area contributed by atoms with Crippen LogP contribution in [0.25, 0.3) is 0 Å². The van der Waals surface area contributed by atoms with E-state index in [-0.39, 0.29) is 10.9 Å². The summed E-state index contributed by atoms with van der Waals surface area (Å²) >= 11 is 3.26.